The maximum Gasteiger partial charge on any atom is 0.312 e. The molecular formula is C18H22N4O5S. The number of rotatable bonds is 6. The lowest BCUT2D eigenvalue weighted by atomic mass is 10.1. The molecule has 0 spiro atoms. The summed E-state index contributed by atoms with van der Waals surface area (Å²) in [6, 6.07) is 8.91. The van der Waals surface area contributed by atoms with Crippen LogP contribution in [0.1, 0.15) is 23.4 Å². The topological polar surface area (TPSA) is 115 Å². The largest absolute Gasteiger partial charge is 0.333 e. The van der Waals surface area contributed by atoms with Gasteiger partial charge in [0.2, 0.25) is 5.91 Å². The van der Waals surface area contributed by atoms with E-state index in [9.17, 15) is 23.3 Å². The maximum atomic E-state index is 13.1. The van der Waals surface area contributed by atoms with Gasteiger partial charge in [-0.25, -0.2) is 8.42 Å². The maximum absolute atomic E-state index is 13.1. The van der Waals surface area contributed by atoms with Gasteiger partial charge in [-0.1, -0.05) is 30.3 Å². The van der Waals surface area contributed by atoms with Crippen molar-refractivity contribution in [3.8, 4) is 0 Å². The number of aryl methyl sites for hydroxylation is 1. The first-order valence-corrected chi connectivity index (χ1v) is 10.7. The Morgan fingerprint density at radius 2 is 2.00 bits per heavy atom. The zero-order chi connectivity index (χ0) is 20.5. The minimum Gasteiger partial charge on any atom is -0.333 e. The first-order chi connectivity index (χ1) is 13.2. The fourth-order valence-corrected chi connectivity index (χ4v) is 5.28. The molecule has 1 aromatic carbocycles. The summed E-state index contributed by atoms with van der Waals surface area (Å²) in [5.74, 6) is -0.323. The van der Waals surface area contributed by atoms with E-state index in [-0.39, 0.29) is 41.9 Å². The lowest BCUT2D eigenvalue weighted by Gasteiger charge is -2.28. The molecule has 2 heterocycles. The van der Waals surface area contributed by atoms with Crippen LogP contribution in [-0.2, 0) is 27.7 Å². The summed E-state index contributed by atoms with van der Waals surface area (Å²) in [7, 11) is -3.17. The number of nitro groups is 1. The molecule has 3 rings (SSSR count). The highest BCUT2D eigenvalue weighted by Crippen LogP contribution is 2.24. The summed E-state index contributed by atoms with van der Waals surface area (Å²) in [4.78, 5) is 25.3. The highest BCUT2D eigenvalue weighted by molar-refractivity contribution is 7.91. The smallest absolute Gasteiger partial charge is 0.312 e. The van der Waals surface area contributed by atoms with Gasteiger partial charge < -0.3 is 4.90 Å². The van der Waals surface area contributed by atoms with Crippen molar-refractivity contribution in [3.63, 3.8) is 0 Å². The molecule has 150 valence electrons. The Balaban J connectivity index is 1.86. The second-order valence-electron chi connectivity index (χ2n) is 7.00. The Morgan fingerprint density at radius 3 is 2.54 bits per heavy atom. The van der Waals surface area contributed by atoms with Crippen LogP contribution in [0.4, 0.5) is 5.69 Å². The fourth-order valence-electron chi connectivity index (χ4n) is 3.55. The number of hydrogen-bond donors (Lipinski definition) is 0. The number of amides is 1. The second-order valence-corrected chi connectivity index (χ2v) is 9.23. The van der Waals surface area contributed by atoms with Crippen molar-refractivity contribution in [2.45, 2.75) is 39.4 Å². The Morgan fingerprint density at radius 1 is 1.32 bits per heavy atom. The zero-order valence-electron chi connectivity index (χ0n) is 15.7. The number of hydrogen-bond acceptors (Lipinski definition) is 6. The van der Waals surface area contributed by atoms with Gasteiger partial charge >= 0.3 is 5.69 Å². The summed E-state index contributed by atoms with van der Waals surface area (Å²) in [5.41, 5.74) is 1.33. The molecule has 1 atom stereocenters. The Hall–Kier alpha value is -2.75. The van der Waals surface area contributed by atoms with Gasteiger partial charge in [0.25, 0.3) is 0 Å². The van der Waals surface area contributed by atoms with Crippen LogP contribution in [0.2, 0.25) is 0 Å². The van der Waals surface area contributed by atoms with Crippen molar-refractivity contribution in [3.05, 3.63) is 57.4 Å². The van der Waals surface area contributed by atoms with Crippen molar-refractivity contribution in [2.24, 2.45) is 0 Å². The highest BCUT2D eigenvalue weighted by atomic mass is 32.2. The molecule has 28 heavy (non-hydrogen) atoms. The van der Waals surface area contributed by atoms with E-state index in [1.807, 2.05) is 30.3 Å². The predicted molar refractivity (Wildman–Crippen MR) is 102 cm³/mol. The zero-order valence-corrected chi connectivity index (χ0v) is 16.6. The number of carbonyl (C=O) groups excluding carboxylic acids is 1. The van der Waals surface area contributed by atoms with Crippen molar-refractivity contribution in [1.82, 2.24) is 14.7 Å². The van der Waals surface area contributed by atoms with E-state index < -0.39 is 20.8 Å². The van der Waals surface area contributed by atoms with Crippen molar-refractivity contribution in [2.75, 3.05) is 11.5 Å². The first-order valence-electron chi connectivity index (χ1n) is 8.90. The normalized spacial score (nSPS) is 18.1. The van der Waals surface area contributed by atoms with Crippen LogP contribution in [0.15, 0.2) is 30.3 Å². The molecule has 0 radical (unpaired) electrons. The van der Waals surface area contributed by atoms with Gasteiger partial charge in [0.05, 0.1) is 16.4 Å². The molecule has 1 saturated heterocycles. The summed E-state index contributed by atoms with van der Waals surface area (Å²) in [6.07, 6.45) is 0.387. The third-order valence-electron chi connectivity index (χ3n) is 4.98. The first kappa shape index (κ1) is 20.0. The second kappa shape index (κ2) is 7.70. The van der Waals surface area contributed by atoms with Crippen LogP contribution in [0, 0.1) is 24.0 Å². The van der Waals surface area contributed by atoms with E-state index in [1.54, 1.807) is 11.8 Å². The lowest BCUT2D eigenvalue weighted by Crippen LogP contribution is -2.42. The molecular weight excluding hydrogens is 384 g/mol. The molecule has 0 N–H and O–H groups in total. The fraction of sp³-hybridized carbons (Fsp3) is 0.444. The van der Waals surface area contributed by atoms with Gasteiger partial charge in [-0.15, -0.1) is 0 Å². The van der Waals surface area contributed by atoms with Crippen LogP contribution < -0.4 is 0 Å². The third kappa shape index (κ3) is 4.22. The number of nitrogens with zero attached hydrogens (tertiary/aromatic N) is 4. The molecule has 10 heteroatoms. The average molecular weight is 406 g/mol. The van der Waals surface area contributed by atoms with Crippen LogP contribution in [-0.4, -0.2) is 51.5 Å². The van der Waals surface area contributed by atoms with E-state index in [0.717, 1.165) is 5.56 Å². The van der Waals surface area contributed by atoms with E-state index in [1.165, 1.54) is 11.6 Å². The van der Waals surface area contributed by atoms with Crippen LogP contribution >= 0.6 is 0 Å². The van der Waals surface area contributed by atoms with Gasteiger partial charge in [-0.2, -0.15) is 5.10 Å². The van der Waals surface area contributed by atoms with Crippen LogP contribution in [0.5, 0.6) is 0 Å². The predicted octanol–water partition coefficient (Wildman–Crippen LogP) is 1.62. The SMILES string of the molecule is Cc1nn(CC(=O)N(Cc2ccccc2)[C@H]2CCS(=O)(=O)C2)c(C)c1[N+](=O)[O-]. The van der Waals surface area contributed by atoms with E-state index in [0.29, 0.717) is 12.1 Å². The number of carbonyl (C=O) groups is 1. The molecule has 9 nitrogen and oxygen atoms in total. The summed E-state index contributed by atoms with van der Waals surface area (Å²) >= 11 is 0. The van der Waals surface area contributed by atoms with Gasteiger partial charge in [-0.05, 0) is 25.8 Å². The lowest BCUT2D eigenvalue weighted by molar-refractivity contribution is -0.386. The van der Waals surface area contributed by atoms with E-state index in [4.69, 9.17) is 0 Å². The summed E-state index contributed by atoms with van der Waals surface area (Å²) in [6.45, 7) is 3.18. The van der Waals surface area contributed by atoms with E-state index in [2.05, 4.69) is 5.10 Å². The molecule has 1 aliphatic heterocycles. The quantitative estimate of drug-likeness (QED) is 0.532. The molecule has 1 fully saturated rings. The van der Waals surface area contributed by atoms with Crippen molar-refractivity contribution < 1.29 is 18.1 Å². The average Bonchev–Trinajstić information content (AvgIpc) is 3.12. The molecule has 0 unspecified atom stereocenters. The summed E-state index contributed by atoms with van der Waals surface area (Å²) < 4.78 is 25.2. The Labute approximate surface area is 163 Å². The highest BCUT2D eigenvalue weighted by Gasteiger charge is 2.35. The third-order valence-corrected chi connectivity index (χ3v) is 6.73. The minimum absolute atomic E-state index is 0.0572. The van der Waals surface area contributed by atoms with Crippen LogP contribution in [0.25, 0.3) is 0 Å². The van der Waals surface area contributed by atoms with Gasteiger partial charge in [0.15, 0.2) is 9.84 Å². The standard InChI is InChI=1S/C18H22N4O5S/c1-13-18(22(24)25)14(2)21(19-13)11-17(23)20(10-15-6-4-3-5-7-15)16-8-9-28(26,27)12-16/h3-7,16H,8-12H2,1-2H3/t16-/m0/s1. The number of sulfone groups is 1. The van der Waals surface area contributed by atoms with Crippen LogP contribution in [0.3, 0.4) is 0 Å². The van der Waals surface area contributed by atoms with Crippen molar-refractivity contribution in [1.29, 1.82) is 0 Å². The Bertz CT molecular complexity index is 1000. The van der Waals surface area contributed by atoms with Gasteiger partial charge in [0.1, 0.15) is 17.9 Å². The molecule has 0 aliphatic carbocycles. The molecule has 2 aromatic rings. The molecule has 1 aliphatic rings. The van der Waals surface area contributed by atoms with Gasteiger partial charge in [0, 0.05) is 12.6 Å². The summed E-state index contributed by atoms with van der Waals surface area (Å²) in [5, 5.41) is 15.3. The number of aromatic nitrogens is 2. The van der Waals surface area contributed by atoms with E-state index >= 15 is 0 Å². The molecule has 1 aromatic heterocycles. The molecule has 0 bridgehead atoms. The minimum atomic E-state index is -3.17. The number of benzene rings is 1. The Kier molecular flexibility index (Phi) is 5.50. The van der Waals surface area contributed by atoms with Gasteiger partial charge in [-0.3, -0.25) is 19.6 Å². The monoisotopic (exact) mass is 406 g/mol. The molecule has 1 amide bonds. The van der Waals surface area contributed by atoms with Crippen molar-refractivity contribution >= 4 is 21.4 Å². The molecule has 0 saturated carbocycles.